The van der Waals surface area contributed by atoms with Crippen LogP contribution in [0.5, 0.6) is 0 Å². The van der Waals surface area contributed by atoms with Gasteiger partial charge in [-0.3, -0.25) is 20.4 Å². The monoisotopic (exact) mass is 384 g/mol. The summed E-state index contributed by atoms with van der Waals surface area (Å²) < 4.78 is 5.32. The fourth-order valence-electron chi connectivity index (χ4n) is 3.21. The zero-order chi connectivity index (χ0) is 20.1. The predicted molar refractivity (Wildman–Crippen MR) is 104 cm³/mol. The van der Waals surface area contributed by atoms with E-state index in [-0.39, 0.29) is 17.9 Å². The minimum atomic E-state index is -0.414. The normalized spacial score (nSPS) is 14.4. The molecular formula is C20H24N4O4. The average molecular weight is 384 g/mol. The molecule has 4 amide bonds. The zero-order valence-electron chi connectivity index (χ0n) is 16.0. The first-order valence-electron chi connectivity index (χ1n) is 9.22. The summed E-state index contributed by atoms with van der Waals surface area (Å²) in [7, 11) is 0. The molecule has 3 rings (SSSR count). The smallest absolute Gasteiger partial charge is 0.321 e. The van der Waals surface area contributed by atoms with Gasteiger partial charge in [-0.1, -0.05) is 18.2 Å². The molecule has 8 heteroatoms. The van der Waals surface area contributed by atoms with Crippen LogP contribution in [0.1, 0.15) is 34.7 Å². The second-order valence-corrected chi connectivity index (χ2v) is 6.83. The summed E-state index contributed by atoms with van der Waals surface area (Å²) in [5, 5.41) is 2.84. The van der Waals surface area contributed by atoms with Gasteiger partial charge in [0.25, 0.3) is 5.91 Å². The van der Waals surface area contributed by atoms with E-state index in [0.29, 0.717) is 43.0 Å². The molecule has 8 nitrogen and oxygen atoms in total. The molecule has 2 heterocycles. The lowest BCUT2D eigenvalue weighted by atomic mass is 9.96. The maximum atomic E-state index is 12.3. The molecule has 1 aliphatic rings. The largest absolute Gasteiger partial charge is 0.466 e. The number of likely N-dealkylation sites (tertiary alicyclic amines) is 1. The highest BCUT2D eigenvalue weighted by atomic mass is 16.3. The van der Waals surface area contributed by atoms with Crippen molar-refractivity contribution in [3.63, 3.8) is 0 Å². The predicted octanol–water partition coefficient (Wildman–Crippen LogP) is 2.60. The fourth-order valence-corrected chi connectivity index (χ4v) is 3.21. The molecule has 3 N–H and O–H groups in total. The Morgan fingerprint density at radius 3 is 2.32 bits per heavy atom. The lowest BCUT2D eigenvalue weighted by Gasteiger charge is -2.31. The second kappa shape index (κ2) is 8.60. The quantitative estimate of drug-likeness (QED) is 0.708. The van der Waals surface area contributed by atoms with Crippen LogP contribution in [-0.2, 0) is 4.79 Å². The van der Waals surface area contributed by atoms with Crippen molar-refractivity contribution >= 4 is 23.5 Å². The molecule has 1 fully saturated rings. The number of amides is 4. The van der Waals surface area contributed by atoms with E-state index in [1.54, 1.807) is 24.8 Å². The van der Waals surface area contributed by atoms with E-state index in [9.17, 15) is 14.4 Å². The summed E-state index contributed by atoms with van der Waals surface area (Å²) in [6, 6.07) is 10.7. The second-order valence-electron chi connectivity index (χ2n) is 6.83. The van der Waals surface area contributed by atoms with Crippen LogP contribution in [0.25, 0.3) is 0 Å². The maximum Gasteiger partial charge on any atom is 0.321 e. The van der Waals surface area contributed by atoms with Gasteiger partial charge in [-0.2, -0.15) is 0 Å². The van der Waals surface area contributed by atoms with Crippen LogP contribution in [-0.4, -0.2) is 35.8 Å². The molecule has 0 spiro atoms. The summed E-state index contributed by atoms with van der Waals surface area (Å²) in [6.45, 7) is 4.40. The molecule has 1 aromatic heterocycles. The number of nitrogens with zero attached hydrogens (tertiary/aromatic N) is 1. The Balaban J connectivity index is 1.44. The Labute approximate surface area is 163 Å². The molecule has 1 aliphatic heterocycles. The van der Waals surface area contributed by atoms with Gasteiger partial charge < -0.3 is 14.6 Å². The molecule has 28 heavy (non-hydrogen) atoms. The van der Waals surface area contributed by atoms with Crippen LogP contribution in [0, 0.1) is 19.8 Å². The maximum absolute atomic E-state index is 12.3. The minimum Gasteiger partial charge on any atom is -0.466 e. The molecule has 0 atom stereocenters. The fraction of sp³-hybridized carbons (Fsp3) is 0.350. The van der Waals surface area contributed by atoms with Crippen molar-refractivity contribution in [3.8, 4) is 0 Å². The van der Waals surface area contributed by atoms with Gasteiger partial charge in [-0.25, -0.2) is 4.79 Å². The van der Waals surface area contributed by atoms with Gasteiger partial charge in [-0.15, -0.1) is 0 Å². The summed E-state index contributed by atoms with van der Waals surface area (Å²) in [5.74, 6) is 0.210. The van der Waals surface area contributed by atoms with E-state index in [4.69, 9.17) is 4.42 Å². The Hall–Kier alpha value is -3.29. The minimum absolute atomic E-state index is 0.177. The third-order valence-corrected chi connectivity index (χ3v) is 4.76. The highest BCUT2D eigenvalue weighted by Crippen LogP contribution is 2.18. The Kier molecular flexibility index (Phi) is 5.98. The molecule has 1 saturated heterocycles. The number of anilines is 1. The van der Waals surface area contributed by atoms with Crippen LogP contribution in [0.15, 0.2) is 40.8 Å². The van der Waals surface area contributed by atoms with Crippen LogP contribution >= 0.6 is 0 Å². The van der Waals surface area contributed by atoms with Crippen LogP contribution in [0.4, 0.5) is 10.5 Å². The number of aryl methyl sites for hydroxylation is 2. The summed E-state index contributed by atoms with van der Waals surface area (Å²) >= 11 is 0. The van der Waals surface area contributed by atoms with Gasteiger partial charge >= 0.3 is 6.03 Å². The van der Waals surface area contributed by atoms with Crippen LogP contribution < -0.4 is 16.2 Å². The van der Waals surface area contributed by atoms with Crippen molar-refractivity contribution in [1.29, 1.82) is 0 Å². The van der Waals surface area contributed by atoms with Crippen molar-refractivity contribution in [3.05, 3.63) is 53.5 Å². The summed E-state index contributed by atoms with van der Waals surface area (Å²) in [5.41, 5.74) is 6.03. The topological polar surface area (TPSA) is 104 Å². The number of nitrogens with one attached hydrogen (secondary N) is 3. The Bertz CT molecular complexity index is 854. The van der Waals surface area contributed by atoms with E-state index in [2.05, 4.69) is 16.2 Å². The number of rotatable bonds is 3. The zero-order valence-corrected chi connectivity index (χ0v) is 16.0. The number of carbonyl (C=O) groups is 3. The molecule has 148 valence electrons. The Morgan fingerprint density at radius 2 is 1.71 bits per heavy atom. The van der Waals surface area contributed by atoms with Crippen molar-refractivity contribution in [1.82, 2.24) is 15.8 Å². The molecule has 0 unspecified atom stereocenters. The summed E-state index contributed by atoms with van der Waals surface area (Å²) in [6.07, 6.45) is 1.07. The average Bonchev–Trinajstić information content (AvgIpc) is 3.05. The van der Waals surface area contributed by atoms with E-state index in [1.165, 1.54) is 0 Å². The number of hydrogen-bond donors (Lipinski definition) is 3. The van der Waals surface area contributed by atoms with Crippen LogP contribution in [0.2, 0.25) is 0 Å². The number of para-hydroxylation sites is 1. The van der Waals surface area contributed by atoms with Gasteiger partial charge in [0.05, 0.1) is 5.56 Å². The van der Waals surface area contributed by atoms with Crippen molar-refractivity contribution < 1.29 is 18.8 Å². The molecule has 1 aromatic carbocycles. The number of hydrogen-bond acceptors (Lipinski definition) is 4. The number of benzene rings is 1. The molecule has 0 bridgehead atoms. The van der Waals surface area contributed by atoms with E-state index < -0.39 is 5.91 Å². The van der Waals surface area contributed by atoms with Gasteiger partial charge in [-0.05, 0) is 44.9 Å². The van der Waals surface area contributed by atoms with Gasteiger partial charge in [0.15, 0.2) is 0 Å². The first-order chi connectivity index (χ1) is 13.4. The SMILES string of the molecule is Cc1cc(C(=O)NNC(=O)C2CCN(C(=O)Nc3ccccc3)CC2)c(C)o1. The third-order valence-electron chi connectivity index (χ3n) is 4.76. The number of furan rings is 1. The Morgan fingerprint density at radius 1 is 1.04 bits per heavy atom. The molecule has 2 aromatic rings. The molecule has 0 aliphatic carbocycles. The molecular weight excluding hydrogens is 360 g/mol. The van der Waals surface area contributed by atoms with Crippen molar-refractivity contribution in [2.75, 3.05) is 18.4 Å². The highest BCUT2D eigenvalue weighted by Gasteiger charge is 2.28. The standard InChI is InChI=1S/C20H24N4O4/c1-13-12-17(14(2)28-13)19(26)23-22-18(25)15-8-10-24(11-9-15)20(27)21-16-6-4-3-5-7-16/h3-7,12,15H,8-11H2,1-2H3,(H,21,27)(H,22,25)(H,23,26). The van der Waals surface area contributed by atoms with Gasteiger partial charge in [0.1, 0.15) is 11.5 Å². The van der Waals surface area contributed by atoms with Crippen molar-refractivity contribution in [2.24, 2.45) is 5.92 Å². The highest BCUT2D eigenvalue weighted by molar-refractivity contribution is 5.96. The first kappa shape index (κ1) is 19.5. The lowest BCUT2D eigenvalue weighted by Crippen LogP contribution is -2.48. The van der Waals surface area contributed by atoms with E-state index in [0.717, 1.165) is 5.69 Å². The first-order valence-corrected chi connectivity index (χ1v) is 9.22. The van der Waals surface area contributed by atoms with Crippen LogP contribution in [0.3, 0.4) is 0 Å². The number of carbonyl (C=O) groups excluding carboxylic acids is 3. The number of urea groups is 1. The van der Waals surface area contributed by atoms with Crippen molar-refractivity contribution in [2.45, 2.75) is 26.7 Å². The summed E-state index contributed by atoms with van der Waals surface area (Å²) in [4.78, 5) is 38.4. The molecule has 0 saturated carbocycles. The third kappa shape index (κ3) is 4.70. The van der Waals surface area contributed by atoms with E-state index in [1.807, 2.05) is 30.3 Å². The van der Waals surface area contributed by atoms with E-state index >= 15 is 0 Å². The number of piperidine rings is 1. The lowest BCUT2D eigenvalue weighted by molar-refractivity contribution is -0.127. The molecule has 0 radical (unpaired) electrons. The number of hydrazine groups is 1. The van der Waals surface area contributed by atoms with Gasteiger partial charge in [0.2, 0.25) is 5.91 Å². The van der Waals surface area contributed by atoms with Gasteiger partial charge in [0, 0.05) is 24.7 Å².